The van der Waals surface area contributed by atoms with Gasteiger partial charge in [-0.2, -0.15) is 13.2 Å². The van der Waals surface area contributed by atoms with Crippen molar-refractivity contribution < 1.29 is 32.7 Å². The lowest BCUT2D eigenvalue weighted by Gasteiger charge is -2.25. The number of ketones is 1. The fourth-order valence-electron chi connectivity index (χ4n) is 2.47. The molecule has 0 aliphatic carbocycles. The van der Waals surface area contributed by atoms with Gasteiger partial charge in [0.25, 0.3) is 0 Å². The van der Waals surface area contributed by atoms with Crippen molar-refractivity contribution in [3.63, 3.8) is 0 Å². The number of nitrogens with one attached hydrogen (secondary N) is 1. The number of alkyl halides is 3. The van der Waals surface area contributed by atoms with Crippen LogP contribution in [0.4, 0.5) is 13.2 Å². The van der Waals surface area contributed by atoms with Gasteiger partial charge in [-0.05, 0) is 5.56 Å². The van der Waals surface area contributed by atoms with Gasteiger partial charge in [0.15, 0.2) is 0 Å². The second-order valence-electron chi connectivity index (χ2n) is 5.72. The molecule has 0 aliphatic heterocycles. The molecule has 0 bridgehead atoms. The quantitative estimate of drug-likeness (QED) is 0.747. The van der Waals surface area contributed by atoms with Crippen molar-refractivity contribution in [2.24, 2.45) is 11.8 Å². The number of rotatable bonds is 8. The Kier molecular flexibility index (Phi) is 7.14. The Bertz CT molecular complexity index is 616. The van der Waals surface area contributed by atoms with E-state index in [1.54, 1.807) is 30.3 Å². The summed E-state index contributed by atoms with van der Waals surface area (Å²) >= 11 is 0. The van der Waals surface area contributed by atoms with Crippen LogP contribution >= 0.6 is 0 Å². The Morgan fingerprint density at radius 2 is 1.72 bits per heavy atom. The summed E-state index contributed by atoms with van der Waals surface area (Å²) in [6.07, 6.45) is -5.32. The van der Waals surface area contributed by atoms with Crippen LogP contribution < -0.4 is 5.32 Å². The molecule has 25 heavy (non-hydrogen) atoms. The zero-order valence-electron chi connectivity index (χ0n) is 13.8. The lowest BCUT2D eigenvalue weighted by atomic mass is 9.87. The molecule has 0 heterocycles. The van der Waals surface area contributed by atoms with Crippen molar-refractivity contribution in [3.8, 4) is 0 Å². The standard InChI is InChI=1S/C17H20F3NO4/c1-3-13(22)14(17(18,19)20)10(2)15(23)21-12(16(24)25)9-11-7-5-4-6-8-11/h4-8,10,12,14H,3,9H2,1-2H3,(H,21,23)(H,24,25)/t10?,12-,14?/m0/s1. The summed E-state index contributed by atoms with van der Waals surface area (Å²) in [7, 11) is 0. The average molecular weight is 359 g/mol. The van der Waals surface area contributed by atoms with Gasteiger partial charge in [0.2, 0.25) is 5.91 Å². The lowest BCUT2D eigenvalue weighted by molar-refractivity contribution is -0.193. The number of aliphatic carboxylic acids is 1. The molecule has 0 saturated carbocycles. The van der Waals surface area contributed by atoms with Crippen molar-refractivity contribution in [2.75, 3.05) is 0 Å². The third kappa shape index (κ3) is 5.88. The first-order chi connectivity index (χ1) is 11.6. The summed E-state index contributed by atoms with van der Waals surface area (Å²) in [6.45, 7) is 2.25. The van der Waals surface area contributed by atoms with Crippen LogP contribution in [0, 0.1) is 11.8 Å². The van der Waals surface area contributed by atoms with Gasteiger partial charge in [-0.3, -0.25) is 9.59 Å². The van der Waals surface area contributed by atoms with E-state index in [1.807, 2.05) is 0 Å². The highest BCUT2D eigenvalue weighted by Gasteiger charge is 2.49. The molecule has 1 rings (SSSR count). The number of hydrogen-bond acceptors (Lipinski definition) is 3. The molecule has 138 valence electrons. The number of benzene rings is 1. The number of hydrogen-bond donors (Lipinski definition) is 2. The molecule has 0 fully saturated rings. The number of carbonyl (C=O) groups excluding carboxylic acids is 2. The van der Waals surface area contributed by atoms with Crippen LogP contribution in [0.1, 0.15) is 25.8 Å². The van der Waals surface area contributed by atoms with E-state index < -0.39 is 41.7 Å². The molecule has 3 atom stereocenters. The topological polar surface area (TPSA) is 83.5 Å². The summed E-state index contributed by atoms with van der Waals surface area (Å²) in [5.41, 5.74) is 0.611. The monoisotopic (exact) mass is 359 g/mol. The highest BCUT2D eigenvalue weighted by atomic mass is 19.4. The van der Waals surface area contributed by atoms with E-state index >= 15 is 0 Å². The van der Waals surface area contributed by atoms with Crippen LogP contribution in [0.3, 0.4) is 0 Å². The smallest absolute Gasteiger partial charge is 0.399 e. The van der Waals surface area contributed by atoms with Crippen molar-refractivity contribution >= 4 is 17.7 Å². The van der Waals surface area contributed by atoms with Gasteiger partial charge >= 0.3 is 12.1 Å². The van der Waals surface area contributed by atoms with E-state index in [-0.39, 0.29) is 12.8 Å². The zero-order valence-corrected chi connectivity index (χ0v) is 13.8. The van der Waals surface area contributed by atoms with Crippen LogP contribution in [-0.4, -0.2) is 35.0 Å². The van der Waals surface area contributed by atoms with Gasteiger partial charge in [-0.25, -0.2) is 4.79 Å². The molecule has 2 unspecified atom stereocenters. The highest BCUT2D eigenvalue weighted by molar-refractivity contribution is 5.91. The Balaban J connectivity index is 2.91. The van der Waals surface area contributed by atoms with Gasteiger partial charge in [0, 0.05) is 12.8 Å². The fraction of sp³-hybridized carbons (Fsp3) is 0.471. The molecule has 0 aromatic heterocycles. The van der Waals surface area contributed by atoms with E-state index in [0.29, 0.717) is 5.56 Å². The van der Waals surface area contributed by atoms with Crippen molar-refractivity contribution in [1.82, 2.24) is 5.32 Å². The Morgan fingerprint density at radius 1 is 1.16 bits per heavy atom. The number of amides is 1. The molecule has 1 amide bonds. The Hall–Kier alpha value is -2.38. The molecule has 8 heteroatoms. The number of halogens is 3. The summed E-state index contributed by atoms with van der Waals surface area (Å²) in [5.74, 6) is -7.76. The average Bonchev–Trinajstić information content (AvgIpc) is 2.53. The molecule has 0 spiro atoms. The van der Waals surface area contributed by atoms with Crippen LogP contribution in [0.2, 0.25) is 0 Å². The molecule has 5 nitrogen and oxygen atoms in total. The molecule has 0 aliphatic rings. The minimum absolute atomic E-state index is 0.0763. The number of carboxylic acids is 1. The first-order valence-corrected chi connectivity index (χ1v) is 7.74. The van der Waals surface area contributed by atoms with Crippen molar-refractivity contribution in [3.05, 3.63) is 35.9 Å². The molecule has 1 aromatic carbocycles. The molecule has 2 N–H and O–H groups in total. The van der Waals surface area contributed by atoms with Crippen LogP contribution in [0.25, 0.3) is 0 Å². The second-order valence-corrected chi connectivity index (χ2v) is 5.72. The maximum Gasteiger partial charge on any atom is 0.399 e. The number of carbonyl (C=O) groups is 3. The third-order valence-electron chi connectivity index (χ3n) is 3.86. The maximum atomic E-state index is 13.1. The van der Waals surface area contributed by atoms with Crippen LogP contribution in [0.15, 0.2) is 30.3 Å². The van der Waals surface area contributed by atoms with Crippen molar-refractivity contribution in [2.45, 2.75) is 38.9 Å². The predicted octanol–water partition coefficient (Wildman–Crippen LogP) is 2.59. The summed E-state index contributed by atoms with van der Waals surface area (Å²) in [5, 5.41) is 11.3. The lowest BCUT2D eigenvalue weighted by Crippen LogP contribution is -2.49. The maximum absolute atomic E-state index is 13.1. The SMILES string of the molecule is CCC(=O)C(C(C)C(=O)N[C@@H](Cc1ccccc1)C(=O)O)C(F)(F)F. The largest absolute Gasteiger partial charge is 0.480 e. The minimum atomic E-state index is -4.87. The second kappa shape index (κ2) is 8.64. The summed E-state index contributed by atoms with van der Waals surface area (Å²) in [6, 6.07) is 6.98. The molecule has 0 radical (unpaired) electrons. The van der Waals surface area contributed by atoms with Gasteiger partial charge < -0.3 is 10.4 Å². The number of Topliss-reactive ketones (excluding diaryl/α,β-unsaturated/α-hetero) is 1. The van der Waals surface area contributed by atoms with Gasteiger partial charge in [-0.15, -0.1) is 0 Å². The summed E-state index contributed by atoms with van der Waals surface area (Å²) in [4.78, 5) is 35.0. The van der Waals surface area contributed by atoms with Gasteiger partial charge in [-0.1, -0.05) is 44.2 Å². The molecular formula is C17H20F3NO4. The van der Waals surface area contributed by atoms with Crippen LogP contribution in [0.5, 0.6) is 0 Å². The van der Waals surface area contributed by atoms with Crippen molar-refractivity contribution in [1.29, 1.82) is 0 Å². The van der Waals surface area contributed by atoms with Gasteiger partial charge in [0.1, 0.15) is 17.7 Å². The summed E-state index contributed by atoms with van der Waals surface area (Å²) < 4.78 is 39.3. The normalized spacial score (nSPS) is 15.1. The van der Waals surface area contributed by atoms with E-state index in [0.717, 1.165) is 6.92 Å². The van der Waals surface area contributed by atoms with Crippen LogP contribution in [-0.2, 0) is 20.8 Å². The van der Waals surface area contributed by atoms with E-state index in [4.69, 9.17) is 0 Å². The first-order valence-electron chi connectivity index (χ1n) is 7.74. The molecule has 1 aromatic rings. The molecule has 0 saturated heterocycles. The Morgan fingerprint density at radius 3 is 2.16 bits per heavy atom. The predicted molar refractivity (Wildman–Crippen MR) is 83.7 cm³/mol. The number of carboxylic acid groups (broad SMARTS) is 1. The minimum Gasteiger partial charge on any atom is -0.480 e. The zero-order chi connectivity index (χ0) is 19.2. The third-order valence-corrected chi connectivity index (χ3v) is 3.86. The van der Waals surface area contributed by atoms with Gasteiger partial charge in [0.05, 0.1) is 5.92 Å². The van der Waals surface area contributed by atoms with E-state index in [9.17, 15) is 32.7 Å². The highest BCUT2D eigenvalue weighted by Crippen LogP contribution is 2.33. The Labute approximate surface area is 143 Å². The fourth-order valence-corrected chi connectivity index (χ4v) is 2.47. The molecular weight excluding hydrogens is 339 g/mol. The first kappa shape index (κ1) is 20.7. The van der Waals surface area contributed by atoms with E-state index in [2.05, 4.69) is 5.32 Å². The van der Waals surface area contributed by atoms with E-state index in [1.165, 1.54) is 6.92 Å².